The van der Waals surface area contributed by atoms with E-state index in [1.165, 1.54) is 250 Å². The van der Waals surface area contributed by atoms with Gasteiger partial charge in [-0.05, 0) is 77.0 Å². The Morgan fingerprint density at radius 1 is 0.353 bits per heavy atom. The van der Waals surface area contributed by atoms with Crippen molar-refractivity contribution in [2.45, 2.75) is 346 Å². The van der Waals surface area contributed by atoms with Gasteiger partial charge in [-0.2, -0.15) is 0 Å². The topological polar surface area (TPSA) is 110 Å². The lowest BCUT2D eigenvalue weighted by Gasteiger charge is -2.27. The minimum atomic E-state index is -1.29. The summed E-state index contributed by atoms with van der Waals surface area (Å²) in [5.41, 5.74) is 0. The molecule has 402 valence electrons. The lowest BCUT2D eigenvalue weighted by Crippen LogP contribution is -2.53. The van der Waals surface area contributed by atoms with Crippen LogP contribution < -0.4 is 5.32 Å². The number of aliphatic hydroxyl groups is 4. The number of carbonyl (C=O) groups excluding carboxylic acids is 1. The second kappa shape index (κ2) is 56.4. The van der Waals surface area contributed by atoms with Crippen LogP contribution in [0, 0.1) is 0 Å². The lowest BCUT2D eigenvalue weighted by molar-refractivity contribution is -0.132. The van der Waals surface area contributed by atoms with Crippen molar-refractivity contribution in [2.75, 3.05) is 6.61 Å². The Labute approximate surface area is 424 Å². The van der Waals surface area contributed by atoms with Crippen molar-refractivity contribution in [3.05, 3.63) is 36.5 Å². The fraction of sp³-hybridized carbons (Fsp3) is 0.887. The SMILES string of the molecule is CCCCCCCCCCCCCC/C=C\CCCCCCCCCCC(O)C(=O)NC(CO)C(O)C(O)CCC/C=C/CC/C=C/CCCCCCCCCCCCCCCCCCCCC. The predicted octanol–water partition coefficient (Wildman–Crippen LogP) is 18.0. The van der Waals surface area contributed by atoms with Crippen LogP contribution in [-0.4, -0.2) is 57.3 Å². The number of nitrogens with one attached hydrogen (secondary N) is 1. The fourth-order valence-corrected chi connectivity index (χ4v) is 9.54. The van der Waals surface area contributed by atoms with Crippen LogP contribution in [-0.2, 0) is 4.79 Å². The summed E-state index contributed by atoms with van der Waals surface area (Å²) in [7, 11) is 0. The van der Waals surface area contributed by atoms with E-state index in [9.17, 15) is 25.2 Å². The average molecular weight is 959 g/mol. The maximum absolute atomic E-state index is 12.6. The smallest absolute Gasteiger partial charge is 0.249 e. The summed E-state index contributed by atoms with van der Waals surface area (Å²) < 4.78 is 0. The number of aliphatic hydroxyl groups excluding tert-OH is 4. The van der Waals surface area contributed by atoms with Crippen molar-refractivity contribution in [1.29, 1.82) is 0 Å². The molecule has 0 aromatic heterocycles. The molecular formula is C62H119NO5. The molecule has 0 bridgehead atoms. The van der Waals surface area contributed by atoms with Crippen molar-refractivity contribution in [3.8, 4) is 0 Å². The molecule has 0 aliphatic rings. The zero-order valence-corrected chi connectivity index (χ0v) is 45.6. The molecule has 4 atom stereocenters. The molecule has 0 saturated carbocycles. The second-order valence-corrected chi connectivity index (χ2v) is 21.0. The summed E-state index contributed by atoms with van der Waals surface area (Å²) >= 11 is 0. The number of hydrogen-bond acceptors (Lipinski definition) is 5. The molecular weight excluding hydrogens is 839 g/mol. The summed E-state index contributed by atoms with van der Waals surface area (Å²) in [4.78, 5) is 12.6. The van der Waals surface area contributed by atoms with Gasteiger partial charge in [-0.15, -0.1) is 0 Å². The van der Waals surface area contributed by atoms with E-state index in [1.807, 2.05) is 0 Å². The molecule has 0 saturated heterocycles. The van der Waals surface area contributed by atoms with E-state index in [0.29, 0.717) is 19.3 Å². The van der Waals surface area contributed by atoms with Crippen LogP contribution in [0.1, 0.15) is 322 Å². The summed E-state index contributed by atoms with van der Waals surface area (Å²) in [5.74, 6) is -0.596. The zero-order chi connectivity index (χ0) is 49.5. The summed E-state index contributed by atoms with van der Waals surface area (Å²) in [5, 5.41) is 44.0. The maximum Gasteiger partial charge on any atom is 0.249 e. The van der Waals surface area contributed by atoms with Gasteiger partial charge in [-0.25, -0.2) is 0 Å². The second-order valence-electron chi connectivity index (χ2n) is 21.0. The highest BCUT2D eigenvalue weighted by Gasteiger charge is 2.28. The Hall–Kier alpha value is -1.47. The molecule has 0 radical (unpaired) electrons. The summed E-state index contributed by atoms with van der Waals surface area (Å²) in [6, 6.07) is -1.01. The standard InChI is InChI=1S/C62H119NO5/c1-3-5-7-9-11-13-15-17-19-21-23-25-27-29-30-31-32-34-35-37-39-41-43-45-47-49-51-53-55-59(65)61(67)58(57-64)63-62(68)60(66)56-54-52-50-48-46-44-42-40-38-36-33-28-26-24-22-20-18-16-14-12-10-8-6-4-2/h33,36,39,41,47,49,58-61,64-67H,3-32,34-35,37-38,40,42-46,48,50-57H2,1-2H3,(H,63,68)/b36-33-,41-39+,49-47+. The molecule has 5 N–H and O–H groups in total. The number of carbonyl (C=O) groups is 1. The monoisotopic (exact) mass is 958 g/mol. The molecule has 1 amide bonds. The number of allylic oxidation sites excluding steroid dienone is 6. The van der Waals surface area contributed by atoms with Gasteiger partial charge in [0.15, 0.2) is 0 Å². The molecule has 0 aliphatic carbocycles. The van der Waals surface area contributed by atoms with E-state index in [4.69, 9.17) is 0 Å². The molecule has 4 unspecified atom stereocenters. The molecule has 68 heavy (non-hydrogen) atoms. The molecule has 0 aromatic rings. The van der Waals surface area contributed by atoms with Crippen LogP contribution in [0.25, 0.3) is 0 Å². The van der Waals surface area contributed by atoms with Crippen LogP contribution >= 0.6 is 0 Å². The van der Waals surface area contributed by atoms with Crippen LogP contribution in [0.4, 0.5) is 0 Å². The van der Waals surface area contributed by atoms with Crippen LogP contribution in [0.2, 0.25) is 0 Å². The molecule has 6 heteroatoms. The first kappa shape index (κ1) is 66.5. The first-order valence-corrected chi connectivity index (χ1v) is 30.4. The molecule has 0 heterocycles. The van der Waals surface area contributed by atoms with Gasteiger partial charge in [-0.1, -0.05) is 281 Å². The van der Waals surface area contributed by atoms with Crippen molar-refractivity contribution in [2.24, 2.45) is 0 Å². The van der Waals surface area contributed by atoms with E-state index < -0.39 is 36.9 Å². The Kier molecular flexibility index (Phi) is 55.2. The average Bonchev–Trinajstić information content (AvgIpc) is 3.34. The first-order chi connectivity index (χ1) is 33.5. The van der Waals surface area contributed by atoms with Gasteiger partial charge in [0, 0.05) is 0 Å². The van der Waals surface area contributed by atoms with Crippen molar-refractivity contribution < 1.29 is 25.2 Å². The molecule has 0 rings (SSSR count). The Balaban J connectivity index is 3.66. The predicted molar refractivity (Wildman–Crippen MR) is 297 cm³/mol. The highest BCUT2D eigenvalue weighted by Crippen LogP contribution is 2.18. The summed E-state index contributed by atoms with van der Waals surface area (Å²) in [6.07, 6.45) is 70.9. The third-order valence-corrected chi connectivity index (χ3v) is 14.3. The van der Waals surface area contributed by atoms with E-state index in [2.05, 4.69) is 55.6 Å². The van der Waals surface area contributed by atoms with Crippen LogP contribution in [0.5, 0.6) is 0 Å². The lowest BCUT2D eigenvalue weighted by atomic mass is 10.00. The largest absolute Gasteiger partial charge is 0.394 e. The molecule has 0 aromatic carbocycles. The number of rotatable bonds is 56. The zero-order valence-electron chi connectivity index (χ0n) is 45.6. The first-order valence-electron chi connectivity index (χ1n) is 30.4. The van der Waals surface area contributed by atoms with Crippen molar-refractivity contribution in [3.63, 3.8) is 0 Å². The van der Waals surface area contributed by atoms with E-state index >= 15 is 0 Å². The van der Waals surface area contributed by atoms with Gasteiger partial charge in [-0.3, -0.25) is 4.79 Å². The van der Waals surface area contributed by atoms with Crippen molar-refractivity contribution in [1.82, 2.24) is 5.32 Å². The molecule has 0 spiro atoms. The molecule has 6 nitrogen and oxygen atoms in total. The Bertz CT molecular complexity index is 1080. The quantitative estimate of drug-likeness (QED) is 0.0308. The van der Waals surface area contributed by atoms with Crippen LogP contribution in [0.3, 0.4) is 0 Å². The highest BCUT2D eigenvalue weighted by atomic mass is 16.3. The van der Waals surface area contributed by atoms with Gasteiger partial charge in [0.1, 0.15) is 12.2 Å². The van der Waals surface area contributed by atoms with Gasteiger partial charge in [0.2, 0.25) is 5.91 Å². The number of hydrogen-bond donors (Lipinski definition) is 5. The van der Waals surface area contributed by atoms with E-state index in [1.54, 1.807) is 0 Å². The number of unbranched alkanes of at least 4 members (excludes halogenated alkanes) is 41. The third kappa shape index (κ3) is 49.5. The minimum Gasteiger partial charge on any atom is -0.394 e. The highest BCUT2D eigenvalue weighted by molar-refractivity contribution is 5.80. The maximum atomic E-state index is 12.6. The Morgan fingerprint density at radius 2 is 0.618 bits per heavy atom. The fourth-order valence-electron chi connectivity index (χ4n) is 9.54. The molecule has 0 aliphatic heterocycles. The summed E-state index contributed by atoms with van der Waals surface area (Å²) in [6.45, 7) is 4.08. The van der Waals surface area contributed by atoms with E-state index in [0.717, 1.165) is 38.5 Å². The molecule has 0 fully saturated rings. The normalized spacial score (nSPS) is 13.9. The van der Waals surface area contributed by atoms with Crippen LogP contribution in [0.15, 0.2) is 36.5 Å². The number of amides is 1. The Morgan fingerprint density at radius 3 is 0.926 bits per heavy atom. The van der Waals surface area contributed by atoms with Crippen molar-refractivity contribution >= 4 is 5.91 Å². The minimum absolute atomic E-state index is 0.357. The van der Waals surface area contributed by atoms with Gasteiger partial charge < -0.3 is 25.7 Å². The third-order valence-electron chi connectivity index (χ3n) is 14.3. The van der Waals surface area contributed by atoms with Gasteiger partial charge in [0.05, 0.1) is 18.8 Å². The van der Waals surface area contributed by atoms with Gasteiger partial charge in [0.25, 0.3) is 0 Å². The van der Waals surface area contributed by atoms with E-state index in [-0.39, 0.29) is 0 Å². The van der Waals surface area contributed by atoms with Gasteiger partial charge >= 0.3 is 0 Å².